The first kappa shape index (κ1) is 22.4. The SMILES string of the molecule is CCOC(=O)c1ccc(N2C(=O)[C@H]3[C@@H](c4ccc(OC)cc4)c4sc(=O)[nH]c4S[C@H]3C2=O)cc1. The van der Waals surface area contributed by atoms with Crippen LogP contribution in [0.1, 0.15) is 33.6 Å². The van der Waals surface area contributed by atoms with Gasteiger partial charge in [0.05, 0.1) is 35.9 Å². The monoisotopic (exact) mass is 496 g/mol. The number of amides is 2. The molecule has 0 spiro atoms. The number of fused-ring (bicyclic) bond motifs is 2. The van der Waals surface area contributed by atoms with Gasteiger partial charge in [0.2, 0.25) is 11.8 Å². The Balaban J connectivity index is 1.54. The molecule has 2 amide bonds. The maximum absolute atomic E-state index is 13.7. The number of nitrogens with zero attached hydrogens (tertiary/aromatic N) is 1. The number of methoxy groups -OCH3 is 1. The van der Waals surface area contributed by atoms with E-state index in [1.165, 1.54) is 28.8 Å². The highest BCUT2D eigenvalue weighted by Crippen LogP contribution is 2.53. The molecule has 10 heteroatoms. The summed E-state index contributed by atoms with van der Waals surface area (Å²) in [6.45, 7) is 1.97. The molecule has 2 aromatic carbocycles. The van der Waals surface area contributed by atoms with Crippen molar-refractivity contribution in [1.29, 1.82) is 0 Å². The van der Waals surface area contributed by atoms with Crippen molar-refractivity contribution in [1.82, 2.24) is 4.98 Å². The average molecular weight is 497 g/mol. The van der Waals surface area contributed by atoms with E-state index in [9.17, 15) is 19.2 Å². The van der Waals surface area contributed by atoms with Crippen molar-refractivity contribution in [2.75, 3.05) is 18.6 Å². The zero-order valence-electron chi connectivity index (χ0n) is 18.3. The van der Waals surface area contributed by atoms with E-state index in [1.807, 2.05) is 12.1 Å². The summed E-state index contributed by atoms with van der Waals surface area (Å²) in [5.41, 5.74) is 1.56. The van der Waals surface area contributed by atoms with Gasteiger partial charge < -0.3 is 14.5 Å². The van der Waals surface area contributed by atoms with Crippen molar-refractivity contribution in [3.63, 3.8) is 0 Å². The van der Waals surface area contributed by atoms with Crippen molar-refractivity contribution in [3.8, 4) is 5.75 Å². The number of thioether (sulfide) groups is 1. The predicted octanol–water partition coefficient (Wildman–Crippen LogP) is 3.42. The Bertz CT molecular complexity index is 1330. The van der Waals surface area contributed by atoms with E-state index in [0.29, 0.717) is 22.0 Å². The molecule has 0 saturated carbocycles. The number of aromatic amines is 1. The second-order valence-corrected chi connectivity index (χ2v) is 9.97. The number of benzene rings is 2. The molecule has 34 heavy (non-hydrogen) atoms. The standard InChI is InChI=1S/C24H20N2O6S2/c1-3-32-23(29)13-4-8-14(9-5-13)26-21(27)17-16(12-6-10-15(31-2)11-7-12)18-20(25-24(30)34-18)33-19(17)22(26)28/h4-11,16-17,19H,3H2,1-2H3,(H,25,30)/t16-,17+,19-/m1/s1. The van der Waals surface area contributed by atoms with Gasteiger partial charge in [-0.2, -0.15) is 0 Å². The number of nitrogens with one attached hydrogen (secondary N) is 1. The van der Waals surface area contributed by atoms with Gasteiger partial charge in [-0.25, -0.2) is 9.69 Å². The summed E-state index contributed by atoms with van der Waals surface area (Å²) in [5.74, 6) is -1.60. The highest BCUT2D eigenvalue weighted by molar-refractivity contribution is 8.00. The molecule has 0 radical (unpaired) electrons. The molecule has 1 saturated heterocycles. The van der Waals surface area contributed by atoms with Crippen LogP contribution in [-0.2, 0) is 14.3 Å². The number of carbonyl (C=O) groups is 3. The molecule has 174 valence electrons. The van der Waals surface area contributed by atoms with Crippen LogP contribution in [0.25, 0.3) is 0 Å². The van der Waals surface area contributed by atoms with E-state index in [2.05, 4.69) is 4.98 Å². The second-order valence-electron chi connectivity index (χ2n) is 7.80. The van der Waals surface area contributed by atoms with Gasteiger partial charge in [0.25, 0.3) is 0 Å². The van der Waals surface area contributed by atoms with Crippen LogP contribution in [0.4, 0.5) is 5.69 Å². The molecule has 5 rings (SSSR count). The molecule has 8 nitrogen and oxygen atoms in total. The summed E-state index contributed by atoms with van der Waals surface area (Å²) < 4.78 is 10.3. The normalized spacial score (nSPS) is 21.2. The highest BCUT2D eigenvalue weighted by Gasteiger charge is 2.56. The van der Waals surface area contributed by atoms with E-state index < -0.39 is 23.1 Å². The highest BCUT2D eigenvalue weighted by atomic mass is 32.2. The number of esters is 1. The van der Waals surface area contributed by atoms with Gasteiger partial charge in [-0.1, -0.05) is 35.2 Å². The summed E-state index contributed by atoms with van der Waals surface area (Å²) in [6.07, 6.45) is 0. The quantitative estimate of drug-likeness (QED) is 0.426. The molecule has 0 aliphatic carbocycles. The fraction of sp³-hybridized carbons (Fsp3) is 0.250. The van der Waals surface area contributed by atoms with Gasteiger partial charge in [0.1, 0.15) is 11.0 Å². The maximum atomic E-state index is 13.7. The Kier molecular flexibility index (Phi) is 5.78. The Morgan fingerprint density at radius 3 is 2.38 bits per heavy atom. The molecule has 3 heterocycles. The Hall–Kier alpha value is -3.37. The smallest absolute Gasteiger partial charge is 0.338 e. The molecule has 2 aliphatic heterocycles. The number of thiazole rings is 1. The Morgan fingerprint density at radius 1 is 1.03 bits per heavy atom. The zero-order chi connectivity index (χ0) is 24.0. The molecule has 0 bridgehead atoms. The van der Waals surface area contributed by atoms with Crippen LogP contribution in [0.2, 0.25) is 0 Å². The summed E-state index contributed by atoms with van der Waals surface area (Å²) in [6, 6.07) is 13.5. The largest absolute Gasteiger partial charge is 0.497 e. The van der Waals surface area contributed by atoms with E-state index in [4.69, 9.17) is 9.47 Å². The first-order valence-electron chi connectivity index (χ1n) is 10.6. The first-order valence-corrected chi connectivity index (χ1v) is 12.3. The van der Waals surface area contributed by atoms with Crippen LogP contribution in [0.5, 0.6) is 5.75 Å². The van der Waals surface area contributed by atoms with Gasteiger partial charge in [-0.3, -0.25) is 14.4 Å². The van der Waals surface area contributed by atoms with Crippen LogP contribution >= 0.6 is 23.1 Å². The molecule has 3 atom stereocenters. The number of hydrogen-bond donors (Lipinski definition) is 1. The minimum absolute atomic E-state index is 0.220. The third kappa shape index (κ3) is 3.63. The third-order valence-electron chi connectivity index (χ3n) is 5.94. The molecule has 1 N–H and O–H groups in total. The van der Waals surface area contributed by atoms with Crippen molar-refractivity contribution >= 4 is 46.6 Å². The minimum atomic E-state index is -0.679. The molecule has 1 aromatic heterocycles. The lowest BCUT2D eigenvalue weighted by Gasteiger charge is -2.29. The summed E-state index contributed by atoms with van der Waals surface area (Å²) >= 11 is 2.29. The molecular formula is C24H20N2O6S2. The van der Waals surface area contributed by atoms with Gasteiger partial charge >= 0.3 is 10.8 Å². The molecule has 1 fully saturated rings. The van der Waals surface area contributed by atoms with E-state index in [0.717, 1.165) is 21.8 Å². The topological polar surface area (TPSA) is 106 Å². The molecule has 3 aromatic rings. The molecule has 2 aliphatic rings. The van der Waals surface area contributed by atoms with Gasteiger partial charge in [0.15, 0.2) is 0 Å². The molecule has 0 unspecified atom stereocenters. The van der Waals surface area contributed by atoms with Crippen molar-refractivity contribution < 1.29 is 23.9 Å². The van der Waals surface area contributed by atoms with Crippen LogP contribution in [0, 0.1) is 5.92 Å². The maximum Gasteiger partial charge on any atom is 0.338 e. The summed E-state index contributed by atoms with van der Waals surface area (Å²) in [5, 5.41) is -0.0557. The van der Waals surface area contributed by atoms with Crippen LogP contribution in [-0.4, -0.2) is 41.7 Å². The van der Waals surface area contributed by atoms with Gasteiger partial charge in [0, 0.05) is 10.8 Å². The van der Waals surface area contributed by atoms with E-state index >= 15 is 0 Å². The van der Waals surface area contributed by atoms with E-state index in [1.54, 1.807) is 38.3 Å². The van der Waals surface area contributed by atoms with Crippen LogP contribution in [0.15, 0.2) is 58.4 Å². The third-order valence-corrected chi connectivity index (χ3v) is 8.34. The lowest BCUT2D eigenvalue weighted by atomic mass is 9.83. The summed E-state index contributed by atoms with van der Waals surface area (Å²) in [4.78, 5) is 55.8. The predicted molar refractivity (Wildman–Crippen MR) is 128 cm³/mol. The minimum Gasteiger partial charge on any atom is -0.497 e. The number of anilines is 1. The number of H-pyrrole nitrogens is 1. The van der Waals surface area contributed by atoms with Crippen molar-refractivity contribution in [2.45, 2.75) is 23.1 Å². The lowest BCUT2D eigenvalue weighted by molar-refractivity contribution is -0.122. The fourth-order valence-corrected chi connectivity index (χ4v) is 6.92. The van der Waals surface area contributed by atoms with Crippen molar-refractivity contribution in [2.24, 2.45) is 5.92 Å². The number of carbonyl (C=O) groups excluding carboxylic acids is 3. The average Bonchev–Trinajstić information content (AvgIpc) is 3.34. The lowest BCUT2D eigenvalue weighted by Crippen LogP contribution is -2.32. The molecular weight excluding hydrogens is 476 g/mol. The first-order chi connectivity index (χ1) is 16.4. The van der Waals surface area contributed by atoms with Crippen LogP contribution in [0.3, 0.4) is 0 Å². The van der Waals surface area contributed by atoms with Gasteiger partial charge in [-0.05, 0) is 48.9 Å². The zero-order valence-corrected chi connectivity index (χ0v) is 19.9. The Morgan fingerprint density at radius 2 is 1.74 bits per heavy atom. The number of imide groups is 1. The van der Waals surface area contributed by atoms with Crippen molar-refractivity contribution in [3.05, 3.63) is 74.2 Å². The fourth-order valence-electron chi connectivity index (χ4n) is 4.40. The second kappa shape index (κ2) is 8.77. The summed E-state index contributed by atoms with van der Waals surface area (Å²) in [7, 11) is 1.57. The number of aromatic nitrogens is 1. The number of hydrogen-bond acceptors (Lipinski definition) is 8. The van der Waals surface area contributed by atoms with Gasteiger partial charge in [-0.15, -0.1) is 0 Å². The van der Waals surface area contributed by atoms with Crippen LogP contribution < -0.4 is 14.5 Å². The van der Waals surface area contributed by atoms with E-state index in [-0.39, 0.29) is 23.3 Å². The number of ether oxygens (including phenoxy) is 2. The number of rotatable bonds is 5. The Labute approximate surface area is 202 Å².